The van der Waals surface area contributed by atoms with Crippen LogP contribution in [0, 0.1) is 0 Å². The molecule has 0 N–H and O–H groups in total. The van der Waals surface area contributed by atoms with Crippen LogP contribution in [0.15, 0.2) is 61.2 Å². The van der Waals surface area contributed by atoms with E-state index in [-0.39, 0.29) is 6.10 Å². The standard InChI is InChI=1S/C17H17ClO/c1-3-7-13(2)19-17-11-10-15(18)12-16(17)14-8-5-4-6-9-14/h3-6,8-13H,1,7H2,2H3/t13-/m0/s1. The van der Waals surface area contributed by atoms with Crippen molar-refractivity contribution in [3.05, 3.63) is 66.2 Å². The number of hydrogen-bond donors (Lipinski definition) is 0. The van der Waals surface area contributed by atoms with Gasteiger partial charge in [0.1, 0.15) is 5.75 Å². The summed E-state index contributed by atoms with van der Waals surface area (Å²) in [7, 11) is 0. The van der Waals surface area contributed by atoms with Crippen molar-refractivity contribution in [1.29, 1.82) is 0 Å². The first kappa shape index (κ1) is 13.7. The van der Waals surface area contributed by atoms with Crippen LogP contribution in [0.1, 0.15) is 13.3 Å². The number of halogens is 1. The van der Waals surface area contributed by atoms with E-state index in [0.29, 0.717) is 5.02 Å². The van der Waals surface area contributed by atoms with E-state index in [1.165, 1.54) is 0 Å². The van der Waals surface area contributed by atoms with Crippen LogP contribution in [0.4, 0.5) is 0 Å². The lowest BCUT2D eigenvalue weighted by atomic mass is 10.0. The Kier molecular flexibility index (Phi) is 4.64. The molecule has 2 aromatic rings. The molecule has 1 atom stereocenters. The van der Waals surface area contributed by atoms with Crippen molar-refractivity contribution in [3.8, 4) is 16.9 Å². The minimum absolute atomic E-state index is 0.0983. The van der Waals surface area contributed by atoms with E-state index in [2.05, 4.69) is 18.7 Å². The molecule has 0 heterocycles. The van der Waals surface area contributed by atoms with E-state index in [9.17, 15) is 0 Å². The maximum Gasteiger partial charge on any atom is 0.127 e. The monoisotopic (exact) mass is 272 g/mol. The SMILES string of the molecule is C=CC[C@H](C)Oc1ccc(Cl)cc1-c1ccccc1. The van der Waals surface area contributed by atoms with Crippen molar-refractivity contribution >= 4 is 11.6 Å². The average Bonchev–Trinajstić information content (AvgIpc) is 2.42. The molecule has 0 amide bonds. The Hall–Kier alpha value is -1.73. The molecule has 2 heteroatoms. The van der Waals surface area contributed by atoms with Gasteiger partial charge in [-0.3, -0.25) is 0 Å². The van der Waals surface area contributed by atoms with Crippen molar-refractivity contribution in [2.45, 2.75) is 19.4 Å². The molecule has 0 spiro atoms. The largest absolute Gasteiger partial charge is 0.490 e. The van der Waals surface area contributed by atoms with Gasteiger partial charge in [-0.05, 0) is 30.7 Å². The Labute approximate surface area is 119 Å². The maximum atomic E-state index is 6.09. The highest BCUT2D eigenvalue weighted by Gasteiger charge is 2.10. The predicted octanol–water partition coefficient (Wildman–Crippen LogP) is 5.35. The zero-order valence-corrected chi connectivity index (χ0v) is 11.7. The molecule has 0 aliphatic carbocycles. The van der Waals surface area contributed by atoms with Gasteiger partial charge in [0.25, 0.3) is 0 Å². The molecule has 0 saturated carbocycles. The third-order valence-electron chi connectivity index (χ3n) is 2.85. The van der Waals surface area contributed by atoms with Gasteiger partial charge >= 0.3 is 0 Å². The van der Waals surface area contributed by atoms with Crippen LogP contribution in [0.5, 0.6) is 5.75 Å². The lowest BCUT2D eigenvalue weighted by Crippen LogP contribution is -2.10. The topological polar surface area (TPSA) is 9.23 Å². The molecule has 2 rings (SSSR count). The van der Waals surface area contributed by atoms with Crippen LogP contribution in [0.25, 0.3) is 11.1 Å². The minimum Gasteiger partial charge on any atom is -0.490 e. The molecule has 0 aliphatic rings. The van der Waals surface area contributed by atoms with Gasteiger partial charge in [0.2, 0.25) is 0 Å². The second kappa shape index (κ2) is 6.44. The smallest absolute Gasteiger partial charge is 0.127 e. The third kappa shape index (κ3) is 3.62. The fourth-order valence-corrected chi connectivity index (χ4v) is 2.12. The van der Waals surface area contributed by atoms with Crippen LogP contribution in [0.3, 0.4) is 0 Å². The van der Waals surface area contributed by atoms with Crippen LogP contribution in [-0.4, -0.2) is 6.10 Å². The van der Waals surface area contributed by atoms with Gasteiger partial charge in [-0.2, -0.15) is 0 Å². The number of ether oxygens (including phenoxy) is 1. The Morgan fingerprint density at radius 3 is 2.63 bits per heavy atom. The lowest BCUT2D eigenvalue weighted by Gasteiger charge is -2.16. The minimum atomic E-state index is 0.0983. The molecule has 0 aromatic heterocycles. The molecule has 0 aliphatic heterocycles. The molecule has 0 saturated heterocycles. The summed E-state index contributed by atoms with van der Waals surface area (Å²) in [5, 5.41) is 0.711. The molecule has 19 heavy (non-hydrogen) atoms. The van der Waals surface area contributed by atoms with E-state index < -0.39 is 0 Å². The molecule has 1 nitrogen and oxygen atoms in total. The first-order valence-corrected chi connectivity index (χ1v) is 6.71. The second-order valence-electron chi connectivity index (χ2n) is 4.46. The van der Waals surface area contributed by atoms with Crippen molar-refractivity contribution in [1.82, 2.24) is 0 Å². The third-order valence-corrected chi connectivity index (χ3v) is 3.09. The fourth-order valence-electron chi connectivity index (χ4n) is 1.95. The molecule has 0 bridgehead atoms. The Bertz CT molecular complexity index is 548. The Morgan fingerprint density at radius 1 is 1.21 bits per heavy atom. The van der Waals surface area contributed by atoms with Gasteiger partial charge in [-0.15, -0.1) is 6.58 Å². The van der Waals surface area contributed by atoms with Gasteiger partial charge in [-0.25, -0.2) is 0 Å². The zero-order chi connectivity index (χ0) is 13.7. The summed E-state index contributed by atoms with van der Waals surface area (Å²) < 4.78 is 5.97. The molecular formula is C17H17ClO. The highest BCUT2D eigenvalue weighted by Crippen LogP contribution is 2.33. The predicted molar refractivity (Wildman–Crippen MR) is 81.8 cm³/mol. The van der Waals surface area contributed by atoms with Gasteiger partial charge in [-0.1, -0.05) is 48.0 Å². The number of rotatable bonds is 5. The first-order chi connectivity index (χ1) is 9.20. The molecule has 0 unspecified atom stereocenters. The molecule has 0 fully saturated rings. The summed E-state index contributed by atoms with van der Waals surface area (Å²) in [6, 6.07) is 15.8. The van der Waals surface area contributed by atoms with Gasteiger partial charge in [0.05, 0.1) is 6.10 Å². The fraction of sp³-hybridized carbons (Fsp3) is 0.176. The van der Waals surface area contributed by atoms with Crippen molar-refractivity contribution in [3.63, 3.8) is 0 Å². The highest BCUT2D eigenvalue weighted by atomic mass is 35.5. The van der Waals surface area contributed by atoms with Gasteiger partial charge < -0.3 is 4.74 Å². The van der Waals surface area contributed by atoms with E-state index in [1.54, 1.807) is 0 Å². The summed E-state index contributed by atoms with van der Waals surface area (Å²) in [6.45, 7) is 5.77. The Balaban J connectivity index is 2.36. The summed E-state index contributed by atoms with van der Waals surface area (Å²) in [5.74, 6) is 0.852. The van der Waals surface area contributed by atoms with Crippen molar-refractivity contribution in [2.24, 2.45) is 0 Å². The molecular weight excluding hydrogens is 256 g/mol. The highest BCUT2D eigenvalue weighted by molar-refractivity contribution is 6.31. The maximum absolute atomic E-state index is 6.09. The summed E-state index contributed by atoms with van der Waals surface area (Å²) in [5.41, 5.74) is 2.12. The lowest BCUT2D eigenvalue weighted by molar-refractivity contribution is 0.226. The normalized spacial score (nSPS) is 11.9. The zero-order valence-electron chi connectivity index (χ0n) is 11.0. The Morgan fingerprint density at radius 2 is 1.95 bits per heavy atom. The summed E-state index contributed by atoms with van der Waals surface area (Å²) in [4.78, 5) is 0. The van der Waals surface area contributed by atoms with E-state index in [4.69, 9.17) is 16.3 Å². The number of benzene rings is 2. The molecule has 98 valence electrons. The van der Waals surface area contributed by atoms with Crippen LogP contribution >= 0.6 is 11.6 Å². The summed E-state index contributed by atoms with van der Waals surface area (Å²) in [6.07, 6.45) is 2.78. The van der Waals surface area contributed by atoms with Crippen molar-refractivity contribution < 1.29 is 4.74 Å². The van der Waals surface area contributed by atoms with Crippen molar-refractivity contribution in [2.75, 3.05) is 0 Å². The summed E-state index contributed by atoms with van der Waals surface area (Å²) >= 11 is 6.09. The van der Waals surface area contributed by atoms with Crippen LogP contribution in [-0.2, 0) is 0 Å². The van der Waals surface area contributed by atoms with Crippen LogP contribution in [0.2, 0.25) is 5.02 Å². The second-order valence-corrected chi connectivity index (χ2v) is 4.90. The quantitative estimate of drug-likeness (QED) is 0.667. The average molecular weight is 273 g/mol. The number of hydrogen-bond acceptors (Lipinski definition) is 1. The van der Waals surface area contributed by atoms with E-state index in [1.807, 2.05) is 49.4 Å². The van der Waals surface area contributed by atoms with Gasteiger partial charge in [0.15, 0.2) is 0 Å². The molecule has 0 radical (unpaired) electrons. The molecule has 2 aromatic carbocycles. The van der Waals surface area contributed by atoms with E-state index >= 15 is 0 Å². The van der Waals surface area contributed by atoms with Crippen LogP contribution < -0.4 is 4.74 Å². The first-order valence-electron chi connectivity index (χ1n) is 6.33. The van der Waals surface area contributed by atoms with Gasteiger partial charge in [0, 0.05) is 17.0 Å². The van der Waals surface area contributed by atoms with E-state index in [0.717, 1.165) is 23.3 Å².